The first kappa shape index (κ1) is 66.5. The molecule has 0 aliphatic heterocycles. The van der Waals surface area contributed by atoms with Crippen molar-refractivity contribution in [1.29, 1.82) is 0 Å². The van der Waals surface area contributed by atoms with Gasteiger partial charge in [-0.15, -0.1) is 0 Å². The zero-order valence-corrected chi connectivity index (χ0v) is 48.1. The highest BCUT2D eigenvalue weighted by molar-refractivity contribution is 9.11. The number of nitrogens with two attached hydrogens (primary N) is 4. The molecule has 0 aromatic carbocycles. The Bertz CT molecular complexity index is 2890. The first-order valence-electron chi connectivity index (χ1n) is 22.7. The average Bonchev–Trinajstić information content (AvgIpc) is 3.27. The number of anilines is 4. The number of halogens is 8. The third-order valence-corrected chi connectivity index (χ3v) is 14.2. The third kappa shape index (κ3) is 19.1. The van der Waals surface area contributed by atoms with E-state index in [1.54, 1.807) is 12.4 Å². The molecule has 0 amide bonds. The number of Topliss-reactive ketones (excluding diaryl/α,β-unsaturated/α-hetero) is 2. The molecule has 0 fully saturated rings. The lowest BCUT2D eigenvalue weighted by atomic mass is 9.70. The van der Waals surface area contributed by atoms with Crippen LogP contribution in [0.25, 0.3) is 0 Å². The smallest absolute Gasteiger partial charge is 0.485 e. The number of carbonyl (C=O) groups excluding carboxylic acids is 2. The van der Waals surface area contributed by atoms with Gasteiger partial charge in [0.2, 0.25) is 23.7 Å². The van der Waals surface area contributed by atoms with Gasteiger partial charge in [0.25, 0.3) is 0 Å². The van der Waals surface area contributed by atoms with Gasteiger partial charge in [-0.1, -0.05) is 135 Å². The number of allylic oxidation sites excluding steroid dienone is 22. The third-order valence-electron chi connectivity index (χ3n) is 11.8. The summed E-state index contributed by atoms with van der Waals surface area (Å²) in [5, 5.41) is 0. The Morgan fingerprint density at radius 1 is 0.566 bits per heavy atom. The lowest BCUT2D eigenvalue weighted by Crippen LogP contribution is -2.49. The molecule has 2 heterocycles. The van der Waals surface area contributed by atoms with Crippen LogP contribution in [0.5, 0.6) is 0 Å². The molecule has 76 heavy (non-hydrogen) atoms. The zero-order chi connectivity index (χ0) is 58.7. The lowest BCUT2D eigenvalue weighted by Gasteiger charge is -2.34. The molecule has 2 unspecified atom stereocenters. The zero-order valence-electron chi connectivity index (χ0n) is 43.3. The highest BCUT2D eigenvalue weighted by atomic mass is 79.9. The molecule has 2 aromatic heterocycles. The number of aromatic nitrogens is 2. The summed E-state index contributed by atoms with van der Waals surface area (Å²) in [6.07, 6.45) is 37.3. The van der Waals surface area contributed by atoms with Crippen LogP contribution in [0, 0.1) is 10.8 Å². The van der Waals surface area contributed by atoms with E-state index in [1.165, 1.54) is 0 Å². The van der Waals surface area contributed by atoms with E-state index in [9.17, 15) is 35.9 Å². The van der Waals surface area contributed by atoms with Crippen LogP contribution in [0.1, 0.15) is 94.2 Å². The summed E-state index contributed by atoms with van der Waals surface area (Å²) in [6.45, 7) is 20.8. The van der Waals surface area contributed by atoms with Gasteiger partial charge in [0.05, 0.1) is 11.4 Å². The van der Waals surface area contributed by atoms with Crippen molar-refractivity contribution in [2.24, 2.45) is 10.8 Å². The molecule has 0 spiro atoms. The van der Waals surface area contributed by atoms with E-state index in [4.69, 9.17) is 48.9 Å². The summed E-state index contributed by atoms with van der Waals surface area (Å²) in [7, 11) is -12.2. The quantitative estimate of drug-likeness (QED) is 0.0508. The first-order valence-corrected chi connectivity index (χ1v) is 27.1. The molecule has 0 radical (unpaired) electrons. The molecular weight excluding hydrogens is 1170 g/mol. The molecule has 24 heteroatoms. The largest absolute Gasteiger partial charge is 0.741 e. The van der Waals surface area contributed by atoms with E-state index in [0.29, 0.717) is 44.5 Å². The Balaban J connectivity index is 0.00000106. The number of carbonyl (C=O) groups is 2. The van der Waals surface area contributed by atoms with Gasteiger partial charge in [0.15, 0.2) is 45.0 Å². The topological polar surface area (TPSA) is 260 Å². The normalized spacial score (nSPS) is 19.6. The standard InChI is InChI=1S/C50H60Br2N6O2.2CHF3O3S/c1-31(17-13-19-33(3)21-23-37-35(5)47(59)43(25-49(37,7)8)57-27-39(51)45(55)41(53)29-57)15-11-12-16-32(2)18-14-20-34(4)22-24-38-36(6)48(60)44(26-50(38,9)10)58-28-40(52)46(56)42(54)30-58;2*2-1(3,4)8(5,6)7/h11-24,27-30,43-44,55-56H,25-26,53-54H2,1-10H3;2*(H,5,6,7)/b12-11+,17-13+,18-14+,23-21+,24-22+,31-15+,32-16+,33-19+,34-20+;;. The van der Waals surface area contributed by atoms with Gasteiger partial charge in [-0.05, 0) is 95.4 Å². The van der Waals surface area contributed by atoms with Crippen LogP contribution in [0.2, 0.25) is 0 Å². The Labute approximate surface area is 457 Å². The summed E-state index contributed by atoms with van der Waals surface area (Å²) < 4.78 is 123. The Hall–Kier alpha value is -5.66. The van der Waals surface area contributed by atoms with E-state index in [1.807, 2.05) is 59.7 Å². The van der Waals surface area contributed by atoms with Crippen LogP contribution in [-0.2, 0) is 29.8 Å². The van der Waals surface area contributed by atoms with Crippen molar-refractivity contribution < 1.29 is 71.0 Å². The maximum atomic E-state index is 13.5. The lowest BCUT2D eigenvalue weighted by molar-refractivity contribution is -0.711. The number of hydrogen-bond donors (Lipinski definition) is 4. The summed E-state index contributed by atoms with van der Waals surface area (Å²) in [5.41, 5.74) is 22.4. The highest BCUT2D eigenvalue weighted by Crippen LogP contribution is 2.44. The summed E-state index contributed by atoms with van der Waals surface area (Å²) in [6, 6.07) is -0.704. The van der Waals surface area contributed by atoms with Gasteiger partial charge in [-0.2, -0.15) is 35.5 Å². The molecule has 2 atom stereocenters. The summed E-state index contributed by atoms with van der Waals surface area (Å²) in [4.78, 5) is 27.1. The molecule has 0 bridgehead atoms. The number of rotatable bonds is 12. The van der Waals surface area contributed by atoms with Gasteiger partial charge >= 0.3 is 11.0 Å². The second-order valence-electron chi connectivity index (χ2n) is 19.1. The second-order valence-corrected chi connectivity index (χ2v) is 23.5. The minimum absolute atomic E-state index is 0.0838. The van der Waals surface area contributed by atoms with Crippen molar-refractivity contribution in [2.45, 2.75) is 105 Å². The number of nitrogen functional groups attached to an aromatic ring is 4. The summed E-state index contributed by atoms with van der Waals surface area (Å²) >= 11 is 6.93. The van der Waals surface area contributed by atoms with Crippen molar-refractivity contribution in [3.63, 3.8) is 0 Å². The monoisotopic (exact) mass is 1230 g/mol. The molecule has 14 nitrogen and oxygen atoms in total. The second kappa shape index (κ2) is 26.6. The molecule has 2 aromatic rings. The molecule has 416 valence electrons. The van der Waals surface area contributed by atoms with E-state index >= 15 is 0 Å². The summed E-state index contributed by atoms with van der Waals surface area (Å²) in [5.74, 6) is 0.168. The minimum atomic E-state index is -6.09. The van der Waals surface area contributed by atoms with Gasteiger partial charge < -0.3 is 32.0 Å². The average molecular weight is 1240 g/mol. The fourth-order valence-corrected chi connectivity index (χ4v) is 8.61. The van der Waals surface area contributed by atoms with Crippen LogP contribution in [-0.4, -0.2) is 48.5 Å². The molecule has 0 saturated heterocycles. The fraction of sp³-hybridized carbons (Fsp3) is 0.346. The predicted octanol–water partition coefficient (Wildman–Crippen LogP) is 11.2. The van der Waals surface area contributed by atoms with Crippen molar-refractivity contribution in [1.82, 2.24) is 0 Å². The molecule has 0 saturated carbocycles. The van der Waals surface area contributed by atoms with Crippen LogP contribution in [0.15, 0.2) is 163 Å². The minimum Gasteiger partial charge on any atom is -0.741 e. The molecule has 2 aliphatic rings. The Morgan fingerprint density at radius 3 is 1.09 bits per heavy atom. The van der Waals surface area contributed by atoms with E-state index in [-0.39, 0.29) is 34.5 Å². The Morgan fingerprint density at radius 2 is 0.829 bits per heavy atom. The van der Waals surface area contributed by atoms with Crippen LogP contribution >= 0.6 is 31.9 Å². The maximum absolute atomic E-state index is 13.5. The van der Waals surface area contributed by atoms with E-state index in [0.717, 1.165) is 44.6 Å². The first-order chi connectivity index (χ1) is 34.5. The van der Waals surface area contributed by atoms with E-state index in [2.05, 4.69) is 148 Å². The number of hydrogen-bond acceptors (Lipinski definition) is 12. The number of alkyl halides is 6. The van der Waals surface area contributed by atoms with Gasteiger partial charge in [-0.3, -0.25) is 9.59 Å². The maximum Gasteiger partial charge on any atom is 0.485 e. The fourth-order valence-electron chi connectivity index (χ4n) is 7.68. The van der Waals surface area contributed by atoms with Crippen LogP contribution < -0.4 is 32.1 Å². The molecule has 4 rings (SSSR count). The number of nitrogens with zero attached hydrogens (tertiary/aromatic N) is 2. The number of pyridine rings is 2. The predicted molar refractivity (Wildman–Crippen MR) is 289 cm³/mol. The SMILES string of the molecule is CC1=C(/C=C/C(C)=C/C=C/C(C)=C/C=C/C=C(C)/C=C/C=C(C)/C=C/C2=C(C)C(=O)C([n+]3cc(N)c(N)c(Br)c3)CC2(C)C)C(C)(C)CC([n+]2cc(N)c(N)c(Br)c2)C1=O.O=S(=O)([O-])C(F)(F)F.O=S(=O)([O-])C(F)(F)F. The van der Waals surface area contributed by atoms with Crippen LogP contribution in [0.3, 0.4) is 0 Å². The molecular formula is C52H62Br2F6N6O8S2. The van der Waals surface area contributed by atoms with Gasteiger partial charge in [-0.25, -0.2) is 16.8 Å². The van der Waals surface area contributed by atoms with Gasteiger partial charge in [0.1, 0.15) is 20.3 Å². The van der Waals surface area contributed by atoms with Crippen LogP contribution in [0.4, 0.5) is 49.1 Å². The van der Waals surface area contributed by atoms with Crippen molar-refractivity contribution in [2.75, 3.05) is 22.9 Å². The number of ketones is 2. The van der Waals surface area contributed by atoms with Gasteiger partial charge in [0, 0.05) is 24.0 Å². The molecule has 8 N–H and O–H groups in total. The van der Waals surface area contributed by atoms with Crippen molar-refractivity contribution in [3.8, 4) is 0 Å². The van der Waals surface area contributed by atoms with Crippen molar-refractivity contribution >= 4 is 86.4 Å². The van der Waals surface area contributed by atoms with E-state index < -0.39 is 31.3 Å². The molecule has 2 aliphatic carbocycles. The van der Waals surface area contributed by atoms with Crippen molar-refractivity contribution in [3.05, 3.63) is 163 Å². The highest BCUT2D eigenvalue weighted by Gasteiger charge is 2.45. The Kier molecular flexibility index (Phi) is 23.3.